The van der Waals surface area contributed by atoms with E-state index in [4.69, 9.17) is 0 Å². The van der Waals surface area contributed by atoms with Crippen molar-refractivity contribution >= 4 is 5.97 Å². The molecule has 0 aromatic rings. The number of methoxy groups -OCH3 is 1. The molecule has 0 bridgehead atoms. The highest BCUT2D eigenvalue weighted by Crippen LogP contribution is 2.35. The van der Waals surface area contributed by atoms with E-state index in [0.29, 0.717) is 13.0 Å². The van der Waals surface area contributed by atoms with E-state index in [-0.39, 0.29) is 11.6 Å². The lowest BCUT2D eigenvalue weighted by Gasteiger charge is -2.38. The highest BCUT2D eigenvalue weighted by Gasteiger charge is 2.43. The van der Waals surface area contributed by atoms with Crippen LogP contribution in [0.1, 0.15) is 26.7 Å². The van der Waals surface area contributed by atoms with Crippen LogP contribution in [0.3, 0.4) is 0 Å². The van der Waals surface area contributed by atoms with Crippen LogP contribution >= 0.6 is 0 Å². The van der Waals surface area contributed by atoms with Crippen molar-refractivity contribution < 1.29 is 14.6 Å². The van der Waals surface area contributed by atoms with Gasteiger partial charge in [-0.15, -0.1) is 0 Å². The molecule has 0 radical (unpaired) electrons. The number of esters is 1. The Labute approximate surface area is 90.5 Å². The molecule has 0 unspecified atom stereocenters. The summed E-state index contributed by atoms with van der Waals surface area (Å²) >= 11 is 0. The lowest BCUT2D eigenvalue weighted by Crippen LogP contribution is -2.48. The number of nitrogens with zero attached hydrogens (tertiary/aromatic N) is 1. The summed E-state index contributed by atoms with van der Waals surface area (Å²) in [6, 6.07) is 0. The topological polar surface area (TPSA) is 49.8 Å². The van der Waals surface area contributed by atoms with Gasteiger partial charge in [0, 0.05) is 12.5 Å². The van der Waals surface area contributed by atoms with E-state index in [1.54, 1.807) is 4.90 Å². The van der Waals surface area contributed by atoms with Gasteiger partial charge in [-0.05, 0) is 12.8 Å². The normalized spacial score (nSPS) is 25.8. The number of hydrogen-bond donors (Lipinski definition) is 1. The first kappa shape index (κ1) is 12.0. The molecule has 1 fully saturated rings. The van der Waals surface area contributed by atoms with Gasteiger partial charge in [-0.1, -0.05) is 20.4 Å². The zero-order chi connectivity index (χ0) is 11.6. The molecule has 0 aromatic heterocycles. The van der Waals surface area contributed by atoms with Crippen molar-refractivity contribution in [2.45, 2.75) is 32.4 Å². The Hall–Kier alpha value is -1.03. The molecule has 1 atom stereocenters. The summed E-state index contributed by atoms with van der Waals surface area (Å²) in [5, 5.41) is 10.4. The van der Waals surface area contributed by atoms with Gasteiger partial charge in [0.15, 0.2) is 0 Å². The number of ether oxygens (including phenoxy) is 1. The molecule has 1 heterocycles. The zero-order valence-electron chi connectivity index (χ0n) is 9.62. The second-order valence-corrected chi connectivity index (χ2v) is 4.23. The molecule has 0 spiro atoms. The lowest BCUT2D eigenvalue weighted by molar-refractivity contribution is -0.145. The molecule has 0 aromatic carbocycles. The first-order valence-electron chi connectivity index (χ1n) is 5.20. The van der Waals surface area contributed by atoms with Crippen molar-refractivity contribution in [3.63, 3.8) is 0 Å². The van der Waals surface area contributed by atoms with Gasteiger partial charge in [-0.3, -0.25) is 0 Å². The highest BCUT2D eigenvalue weighted by molar-refractivity contribution is 5.87. The third-order valence-electron chi connectivity index (χ3n) is 3.07. The molecule has 4 heteroatoms. The second-order valence-electron chi connectivity index (χ2n) is 4.23. The standard InChI is InChI=1S/C11H19NO3/c1-8(2)11(14)6-5-7-12(11)9(3)10(13)15-4/h8,14H,3,5-7H2,1-2,4H3/t11-/m0/s1. The van der Waals surface area contributed by atoms with Crippen molar-refractivity contribution in [3.8, 4) is 0 Å². The summed E-state index contributed by atoms with van der Waals surface area (Å²) in [6.07, 6.45) is 1.53. The quantitative estimate of drug-likeness (QED) is 0.563. The molecule has 15 heavy (non-hydrogen) atoms. The van der Waals surface area contributed by atoms with Crippen molar-refractivity contribution in [2.75, 3.05) is 13.7 Å². The molecule has 0 amide bonds. The van der Waals surface area contributed by atoms with E-state index in [0.717, 1.165) is 6.42 Å². The van der Waals surface area contributed by atoms with Crippen molar-refractivity contribution in [2.24, 2.45) is 5.92 Å². The Bertz CT molecular complexity index is 275. The van der Waals surface area contributed by atoms with E-state index in [9.17, 15) is 9.90 Å². The predicted octanol–water partition coefficient (Wildman–Crippen LogP) is 1.11. The Kier molecular flexibility index (Phi) is 3.39. The molecule has 0 aliphatic carbocycles. The minimum atomic E-state index is -0.953. The fourth-order valence-electron chi connectivity index (χ4n) is 2.02. The van der Waals surface area contributed by atoms with Crippen LogP contribution in [0.2, 0.25) is 0 Å². The van der Waals surface area contributed by atoms with Crippen LogP contribution in [0.25, 0.3) is 0 Å². The van der Waals surface area contributed by atoms with Crippen LogP contribution in [0.15, 0.2) is 12.3 Å². The van der Waals surface area contributed by atoms with Crippen LogP contribution in [0, 0.1) is 5.92 Å². The summed E-state index contributed by atoms with van der Waals surface area (Å²) in [6.45, 7) is 8.20. The Morgan fingerprint density at radius 2 is 2.20 bits per heavy atom. The predicted molar refractivity (Wildman–Crippen MR) is 56.9 cm³/mol. The zero-order valence-corrected chi connectivity index (χ0v) is 9.62. The van der Waals surface area contributed by atoms with Crippen LogP contribution in [0.4, 0.5) is 0 Å². The van der Waals surface area contributed by atoms with Gasteiger partial charge in [-0.2, -0.15) is 0 Å². The number of aliphatic hydroxyl groups is 1. The van der Waals surface area contributed by atoms with E-state index in [1.165, 1.54) is 7.11 Å². The summed E-state index contributed by atoms with van der Waals surface area (Å²) in [7, 11) is 1.32. The number of carbonyl (C=O) groups is 1. The van der Waals surface area contributed by atoms with E-state index < -0.39 is 11.7 Å². The van der Waals surface area contributed by atoms with Gasteiger partial charge in [0.1, 0.15) is 11.4 Å². The molecule has 1 aliphatic rings. The number of carbonyl (C=O) groups excluding carboxylic acids is 1. The van der Waals surface area contributed by atoms with E-state index in [1.807, 2.05) is 13.8 Å². The van der Waals surface area contributed by atoms with Gasteiger partial charge in [0.25, 0.3) is 0 Å². The average molecular weight is 213 g/mol. The summed E-state index contributed by atoms with van der Waals surface area (Å²) in [5.41, 5.74) is -0.711. The SMILES string of the molecule is C=C(C(=O)OC)N1CCC[C@]1(O)C(C)C. The fraction of sp³-hybridized carbons (Fsp3) is 0.727. The highest BCUT2D eigenvalue weighted by atomic mass is 16.5. The lowest BCUT2D eigenvalue weighted by atomic mass is 9.96. The van der Waals surface area contributed by atoms with Crippen LogP contribution in [-0.4, -0.2) is 35.4 Å². The molecule has 86 valence electrons. The fourth-order valence-corrected chi connectivity index (χ4v) is 2.02. The largest absolute Gasteiger partial charge is 0.464 e. The van der Waals surface area contributed by atoms with E-state index >= 15 is 0 Å². The molecule has 1 rings (SSSR count). The molecular weight excluding hydrogens is 194 g/mol. The van der Waals surface area contributed by atoms with Crippen molar-refractivity contribution in [3.05, 3.63) is 12.3 Å². The third kappa shape index (κ3) is 2.00. The summed E-state index contributed by atoms with van der Waals surface area (Å²) < 4.78 is 4.61. The third-order valence-corrected chi connectivity index (χ3v) is 3.07. The first-order valence-corrected chi connectivity index (χ1v) is 5.20. The molecule has 4 nitrogen and oxygen atoms in total. The maximum absolute atomic E-state index is 11.3. The van der Waals surface area contributed by atoms with Crippen molar-refractivity contribution in [1.82, 2.24) is 4.90 Å². The minimum Gasteiger partial charge on any atom is -0.464 e. The van der Waals surface area contributed by atoms with Gasteiger partial charge < -0.3 is 14.7 Å². The monoisotopic (exact) mass is 213 g/mol. The summed E-state index contributed by atoms with van der Waals surface area (Å²) in [5.74, 6) is -0.419. The summed E-state index contributed by atoms with van der Waals surface area (Å²) in [4.78, 5) is 13.0. The van der Waals surface area contributed by atoms with Gasteiger partial charge in [0.05, 0.1) is 7.11 Å². The van der Waals surface area contributed by atoms with Gasteiger partial charge >= 0.3 is 5.97 Å². The van der Waals surface area contributed by atoms with Crippen molar-refractivity contribution in [1.29, 1.82) is 0 Å². The van der Waals surface area contributed by atoms with Crippen LogP contribution in [-0.2, 0) is 9.53 Å². The molecule has 1 saturated heterocycles. The van der Waals surface area contributed by atoms with Crippen LogP contribution < -0.4 is 0 Å². The Morgan fingerprint density at radius 3 is 2.67 bits per heavy atom. The maximum Gasteiger partial charge on any atom is 0.353 e. The van der Waals surface area contributed by atoms with Gasteiger partial charge in [-0.25, -0.2) is 4.79 Å². The smallest absolute Gasteiger partial charge is 0.353 e. The second kappa shape index (κ2) is 4.23. The average Bonchev–Trinajstić information content (AvgIpc) is 2.59. The molecular formula is C11H19NO3. The Balaban J connectivity index is 2.86. The van der Waals surface area contributed by atoms with Crippen LogP contribution in [0.5, 0.6) is 0 Å². The number of hydrogen-bond acceptors (Lipinski definition) is 4. The number of rotatable bonds is 3. The Morgan fingerprint density at radius 1 is 1.60 bits per heavy atom. The molecule has 1 N–H and O–H groups in total. The maximum atomic E-state index is 11.3. The minimum absolute atomic E-state index is 0.0569. The van der Waals surface area contributed by atoms with Gasteiger partial charge in [0.2, 0.25) is 0 Å². The first-order chi connectivity index (χ1) is 6.93. The number of likely N-dealkylation sites (tertiary alicyclic amines) is 1. The molecule has 1 aliphatic heterocycles. The molecule has 0 saturated carbocycles. The van der Waals surface area contributed by atoms with E-state index in [2.05, 4.69) is 11.3 Å².